The number of hydrogen-bond donors (Lipinski definition) is 2. The molecular weight excluding hydrogens is 254 g/mol. The van der Waals surface area contributed by atoms with Crippen molar-refractivity contribution < 1.29 is 9.53 Å². The molecule has 20 heavy (non-hydrogen) atoms. The third-order valence-electron chi connectivity index (χ3n) is 3.72. The first-order valence-electron chi connectivity index (χ1n) is 7.66. The molecule has 0 bridgehead atoms. The topological polar surface area (TPSA) is 67.6 Å². The summed E-state index contributed by atoms with van der Waals surface area (Å²) in [7, 11) is 0. The van der Waals surface area contributed by atoms with E-state index >= 15 is 0 Å². The van der Waals surface area contributed by atoms with Crippen molar-refractivity contribution in [2.24, 2.45) is 11.7 Å². The Bertz CT molecular complexity index is 315. The maximum Gasteiger partial charge on any atom is 0.407 e. The minimum absolute atomic E-state index is 0.0138. The van der Waals surface area contributed by atoms with Gasteiger partial charge in [0.2, 0.25) is 0 Å². The van der Waals surface area contributed by atoms with Crippen LogP contribution in [0.15, 0.2) is 0 Å². The molecule has 3 unspecified atom stereocenters. The number of likely N-dealkylation sites (tertiary alicyclic amines) is 1. The summed E-state index contributed by atoms with van der Waals surface area (Å²) in [4.78, 5) is 14.2. The largest absolute Gasteiger partial charge is 0.444 e. The van der Waals surface area contributed by atoms with Gasteiger partial charge in [0, 0.05) is 25.2 Å². The maximum absolute atomic E-state index is 11.8. The minimum Gasteiger partial charge on any atom is -0.444 e. The third-order valence-corrected chi connectivity index (χ3v) is 3.72. The van der Waals surface area contributed by atoms with Gasteiger partial charge in [-0.2, -0.15) is 0 Å². The summed E-state index contributed by atoms with van der Waals surface area (Å²) < 4.78 is 5.30. The molecule has 0 radical (unpaired) electrons. The Morgan fingerprint density at radius 3 is 2.65 bits per heavy atom. The Labute approximate surface area is 123 Å². The second kappa shape index (κ2) is 7.27. The number of nitrogens with zero attached hydrogens (tertiary/aromatic N) is 1. The van der Waals surface area contributed by atoms with Gasteiger partial charge in [-0.3, -0.25) is 4.90 Å². The molecule has 3 N–H and O–H groups in total. The summed E-state index contributed by atoms with van der Waals surface area (Å²) in [5.41, 5.74) is 5.45. The fourth-order valence-corrected chi connectivity index (χ4v) is 2.79. The van der Waals surface area contributed by atoms with Gasteiger partial charge in [-0.25, -0.2) is 4.79 Å². The minimum atomic E-state index is -0.471. The Morgan fingerprint density at radius 1 is 1.50 bits per heavy atom. The number of nitrogens with two attached hydrogens (primary N) is 1. The number of carbonyl (C=O) groups is 1. The van der Waals surface area contributed by atoms with E-state index < -0.39 is 5.60 Å². The number of piperidine rings is 1. The summed E-state index contributed by atoms with van der Waals surface area (Å²) >= 11 is 0. The van der Waals surface area contributed by atoms with Crippen LogP contribution in [0.25, 0.3) is 0 Å². The quantitative estimate of drug-likeness (QED) is 0.828. The van der Waals surface area contributed by atoms with Crippen LogP contribution in [0.3, 0.4) is 0 Å². The molecule has 0 aliphatic carbocycles. The van der Waals surface area contributed by atoms with Crippen LogP contribution in [-0.4, -0.2) is 48.3 Å². The van der Waals surface area contributed by atoms with Crippen molar-refractivity contribution in [2.45, 2.75) is 65.1 Å². The molecule has 1 saturated heterocycles. The van der Waals surface area contributed by atoms with E-state index in [1.54, 1.807) is 0 Å². The number of alkyl carbamates (subject to hydrolysis) is 1. The molecule has 0 aromatic carbocycles. The number of amides is 1. The van der Waals surface area contributed by atoms with Crippen LogP contribution in [0, 0.1) is 5.92 Å². The van der Waals surface area contributed by atoms with Gasteiger partial charge in [-0.05, 0) is 53.0 Å². The van der Waals surface area contributed by atoms with Gasteiger partial charge in [0.05, 0.1) is 0 Å². The lowest BCUT2D eigenvalue weighted by Crippen LogP contribution is -2.56. The van der Waals surface area contributed by atoms with Crippen LogP contribution in [0.2, 0.25) is 0 Å². The Hall–Kier alpha value is -0.810. The zero-order chi connectivity index (χ0) is 15.3. The van der Waals surface area contributed by atoms with Gasteiger partial charge < -0.3 is 15.8 Å². The Kier molecular flexibility index (Phi) is 6.27. The molecule has 1 aliphatic rings. The molecule has 0 aromatic rings. The van der Waals surface area contributed by atoms with Gasteiger partial charge in [0.1, 0.15) is 5.60 Å². The van der Waals surface area contributed by atoms with Crippen molar-refractivity contribution in [2.75, 3.05) is 19.6 Å². The highest BCUT2D eigenvalue weighted by Crippen LogP contribution is 2.19. The molecule has 1 aliphatic heterocycles. The average Bonchev–Trinajstić information content (AvgIpc) is 2.26. The van der Waals surface area contributed by atoms with Gasteiger partial charge in [0.15, 0.2) is 0 Å². The van der Waals surface area contributed by atoms with E-state index in [-0.39, 0.29) is 18.2 Å². The fraction of sp³-hybridized carbons (Fsp3) is 0.933. The predicted molar refractivity (Wildman–Crippen MR) is 81.6 cm³/mol. The fourth-order valence-electron chi connectivity index (χ4n) is 2.79. The summed E-state index contributed by atoms with van der Waals surface area (Å²) in [6, 6.07) is 0.158. The molecule has 0 aromatic heterocycles. The number of nitrogens with one attached hydrogen (secondary N) is 1. The van der Waals surface area contributed by atoms with Gasteiger partial charge in [0.25, 0.3) is 0 Å². The van der Waals surface area contributed by atoms with Crippen molar-refractivity contribution in [1.29, 1.82) is 0 Å². The summed E-state index contributed by atoms with van der Waals surface area (Å²) in [6.45, 7) is 12.5. The molecule has 5 heteroatoms. The highest BCUT2D eigenvalue weighted by molar-refractivity contribution is 5.68. The summed E-state index contributed by atoms with van der Waals surface area (Å²) in [5.74, 6) is 0.700. The van der Waals surface area contributed by atoms with Gasteiger partial charge in [-0.15, -0.1) is 0 Å². The van der Waals surface area contributed by atoms with Crippen LogP contribution >= 0.6 is 0 Å². The molecule has 1 amide bonds. The second-order valence-corrected chi connectivity index (χ2v) is 6.98. The lowest BCUT2D eigenvalue weighted by atomic mass is 9.97. The molecule has 118 valence electrons. The van der Waals surface area contributed by atoms with E-state index in [0.29, 0.717) is 12.5 Å². The van der Waals surface area contributed by atoms with E-state index in [1.165, 1.54) is 12.8 Å². The monoisotopic (exact) mass is 285 g/mol. The van der Waals surface area contributed by atoms with Crippen LogP contribution in [0.1, 0.15) is 47.5 Å². The van der Waals surface area contributed by atoms with E-state index in [0.717, 1.165) is 13.1 Å². The first-order valence-corrected chi connectivity index (χ1v) is 7.66. The highest BCUT2D eigenvalue weighted by Gasteiger charge is 2.28. The number of ether oxygens (including phenoxy) is 1. The van der Waals surface area contributed by atoms with Crippen LogP contribution in [-0.2, 0) is 4.74 Å². The molecule has 3 atom stereocenters. The van der Waals surface area contributed by atoms with Gasteiger partial charge in [-0.1, -0.05) is 6.92 Å². The Balaban J connectivity index is 2.54. The van der Waals surface area contributed by atoms with Crippen LogP contribution in [0.4, 0.5) is 4.79 Å². The lowest BCUT2D eigenvalue weighted by Gasteiger charge is -2.39. The molecule has 1 rings (SSSR count). The standard InChI is InChI=1S/C15H31N3O2/c1-11-7-6-8-18(10-11)13(9-16)12(2)17-14(19)20-15(3,4)5/h11-13H,6-10,16H2,1-5H3,(H,17,19). The first-order chi connectivity index (χ1) is 9.23. The van der Waals surface area contributed by atoms with Crippen LogP contribution in [0.5, 0.6) is 0 Å². The highest BCUT2D eigenvalue weighted by atomic mass is 16.6. The molecule has 0 saturated carbocycles. The first kappa shape index (κ1) is 17.2. The van der Waals surface area contributed by atoms with E-state index in [1.807, 2.05) is 27.7 Å². The number of rotatable bonds is 4. The van der Waals surface area contributed by atoms with Crippen molar-refractivity contribution in [3.63, 3.8) is 0 Å². The molecule has 1 fully saturated rings. The normalized spacial score (nSPS) is 24.0. The lowest BCUT2D eigenvalue weighted by molar-refractivity contribution is 0.0448. The van der Waals surface area contributed by atoms with E-state index in [2.05, 4.69) is 17.1 Å². The van der Waals surface area contributed by atoms with E-state index in [9.17, 15) is 4.79 Å². The van der Waals surface area contributed by atoms with Crippen molar-refractivity contribution in [3.05, 3.63) is 0 Å². The van der Waals surface area contributed by atoms with Crippen molar-refractivity contribution in [3.8, 4) is 0 Å². The molecular formula is C15H31N3O2. The Morgan fingerprint density at radius 2 is 2.15 bits per heavy atom. The number of hydrogen-bond acceptors (Lipinski definition) is 4. The SMILES string of the molecule is CC1CCCN(C(CN)C(C)NC(=O)OC(C)(C)C)C1. The molecule has 1 heterocycles. The third kappa shape index (κ3) is 5.67. The van der Waals surface area contributed by atoms with Crippen molar-refractivity contribution in [1.82, 2.24) is 10.2 Å². The summed E-state index contributed by atoms with van der Waals surface area (Å²) in [5, 5.41) is 2.92. The zero-order valence-electron chi connectivity index (χ0n) is 13.6. The molecule has 0 spiro atoms. The van der Waals surface area contributed by atoms with E-state index in [4.69, 9.17) is 10.5 Å². The average molecular weight is 285 g/mol. The maximum atomic E-state index is 11.8. The second-order valence-electron chi connectivity index (χ2n) is 6.98. The van der Waals surface area contributed by atoms with Crippen LogP contribution < -0.4 is 11.1 Å². The predicted octanol–water partition coefficient (Wildman–Crippen LogP) is 1.96. The van der Waals surface area contributed by atoms with Crippen molar-refractivity contribution >= 4 is 6.09 Å². The molecule has 5 nitrogen and oxygen atoms in total. The number of carbonyl (C=O) groups excluding carboxylic acids is 1. The summed E-state index contributed by atoms with van der Waals surface area (Å²) in [6.07, 6.45) is 2.12. The smallest absolute Gasteiger partial charge is 0.407 e. The van der Waals surface area contributed by atoms with Gasteiger partial charge >= 0.3 is 6.09 Å². The zero-order valence-corrected chi connectivity index (χ0v) is 13.6.